The van der Waals surface area contributed by atoms with Crippen LogP contribution < -0.4 is 10.1 Å². The van der Waals surface area contributed by atoms with Gasteiger partial charge < -0.3 is 9.84 Å². The Balaban J connectivity index is 2.91. The fraction of sp³-hybridized carbons (Fsp3) is 0.364. The summed E-state index contributed by atoms with van der Waals surface area (Å²) < 4.78 is 5.41. The maximum atomic E-state index is 10.4. The van der Waals surface area contributed by atoms with Crippen molar-refractivity contribution in [3.63, 3.8) is 0 Å². The van der Waals surface area contributed by atoms with Crippen molar-refractivity contribution in [2.24, 2.45) is 0 Å². The number of nitrogens with one attached hydrogen (secondary N) is 1. The highest BCUT2D eigenvalue weighted by atomic mass is 16.5. The Morgan fingerprint density at radius 3 is 2.73 bits per heavy atom. The van der Waals surface area contributed by atoms with Crippen LogP contribution in [-0.2, 0) is 6.42 Å². The summed E-state index contributed by atoms with van der Waals surface area (Å²) in [5.41, 5.74) is 1.57. The predicted octanol–water partition coefficient (Wildman–Crippen LogP) is 2.74. The van der Waals surface area contributed by atoms with Crippen molar-refractivity contribution in [2.45, 2.75) is 20.3 Å². The first-order chi connectivity index (χ1) is 7.17. The molecule has 0 saturated carbocycles. The van der Waals surface area contributed by atoms with Crippen molar-refractivity contribution in [1.29, 1.82) is 0 Å². The van der Waals surface area contributed by atoms with E-state index in [1.54, 1.807) is 18.2 Å². The number of hydrogen-bond acceptors (Lipinski definition) is 2. The summed E-state index contributed by atoms with van der Waals surface area (Å²) in [6.45, 7) is 4.53. The van der Waals surface area contributed by atoms with Gasteiger partial charge in [0.25, 0.3) is 0 Å². The molecular formula is C11H15NO3. The van der Waals surface area contributed by atoms with Gasteiger partial charge in [-0.2, -0.15) is 0 Å². The Morgan fingerprint density at radius 1 is 1.47 bits per heavy atom. The van der Waals surface area contributed by atoms with Crippen molar-refractivity contribution in [3.8, 4) is 5.75 Å². The standard InChI is InChI=1S/C11H15NO3/c1-3-8-7-9(12-11(13)14)5-6-10(8)15-4-2/h5-7,12H,3-4H2,1-2H3,(H,13,14). The minimum absolute atomic E-state index is 0.572. The van der Waals surface area contributed by atoms with Gasteiger partial charge in [0.05, 0.1) is 6.61 Å². The van der Waals surface area contributed by atoms with Crippen molar-refractivity contribution >= 4 is 11.8 Å². The fourth-order valence-electron chi connectivity index (χ4n) is 1.35. The predicted molar refractivity (Wildman–Crippen MR) is 58.6 cm³/mol. The zero-order chi connectivity index (χ0) is 11.3. The van der Waals surface area contributed by atoms with Gasteiger partial charge in [0.2, 0.25) is 0 Å². The Kier molecular flexibility index (Phi) is 3.97. The topological polar surface area (TPSA) is 58.6 Å². The van der Waals surface area contributed by atoms with Gasteiger partial charge in [-0.1, -0.05) is 6.92 Å². The number of anilines is 1. The van der Waals surface area contributed by atoms with Crippen LogP contribution >= 0.6 is 0 Å². The molecule has 2 N–H and O–H groups in total. The van der Waals surface area contributed by atoms with E-state index < -0.39 is 6.09 Å². The first kappa shape index (κ1) is 11.4. The molecule has 4 heteroatoms. The van der Waals surface area contributed by atoms with Gasteiger partial charge in [-0.25, -0.2) is 4.79 Å². The van der Waals surface area contributed by atoms with Gasteiger partial charge in [0.15, 0.2) is 0 Å². The van der Waals surface area contributed by atoms with Crippen molar-refractivity contribution in [1.82, 2.24) is 0 Å². The van der Waals surface area contributed by atoms with Crippen LogP contribution in [0.2, 0.25) is 0 Å². The summed E-state index contributed by atoms with van der Waals surface area (Å²) in [5.74, 6) is 0.816. The average molecular weight is 209 g/mol. The van der Waals surface area contributed by atoms with Gasteiger partial charge in [0.1, 0.15) is 5.75 Å². The van der Waals surface area contributed by atoms with E-state index in [-0.39, 0.29) is 0 Å². The van der Waals surface area contributed by atoms with E-state index in [2.05, 4.69) is 5.32 Å². The molecule has 0 fully saturated rings. The maximum Gasteiger partial charge on any atom is 0.409 e. The number of carbonyl (C=O) groups is 1. The van der Waals surface area contributed by atoms with Crippen molar-refractivity contribution < 1.29 is 14.6 Å². The number of rotatable bonds is 4. The van der Waals surface area contributed by atoms with E-state index >= 15 is 0 Å². The molecule has 4 nitrogen and oxygen atoms in total. The van der Waals surface area contributed by atoms with Crippen LogP contribution in [-0.4, -0.2) is 17.8 Å². The molecule has 82 valence electrons. The normalized spacial score (nSPS) is 9.73. The minimum Gasteiger partial charge on any atom is -0.494 e. The number of ether oxygens (including phenoxy) is 1. The highest BCUT2D eigenvalue weighted by Gasteiger charge is 2.04. The second kappa shape index (κ2) is 5.24. The van der Waals surface area contributed by atoms with Crippen LogP contribution in [0.4, 0.5) is 10.5 Å². The Hall–Kier alpha value is -1.71. The molecule has 0 atom stereocenters. The SMILES string of the molecule is CCOc1ccc(NC(=O)O)cc1CC. The summed E-state index contributed by atoms with van der Waals surface area (Å²) in [6.07, 6.45) is -0.244. The third-order valence-electron chi connectivity index (χ3n) is 1.99. The molecule has 0 heterocycles. The maximum absolute atomic E-state index is 10.4. The second-order valence-corrected chi connectivity index (χ2v) is 3.04. The van der Waals surface area contributed by atoms with E-state index in [1.807, 2.05) is 13.8 Å². The largest absolute Gasteiger partial charge is 0.494 e. The molecule has 0 unspecified atom stereocenters. The Labute approximate surface area is 88.9 Å². The Bertz CT molecular complexity index is 350. The molecule has 1 amide bonds. The smallest absolute Gasteiger partial charge is 0.409 e. The van der Waals surface area contributed by atoms with E-state index in [4.69, 9.17) is 9.84 Å². The van der Waals surface area contributed by atoms with Gasteiger partial charge in [-0.3, -0.25) is 5.32 Å². The minimum atomic E-state index is -1.05. The van der Waals surface area contributed by atoms with Gasteiger partial charge >= 0.3 is 6.09 Å². The summed E-state index contributed by atoms with van der Waals surface area (Å²) in [4.78, 5) is 10.4. The summed E-state index contributed by atoms with van der Waals surface area (Å²) >= 11 is 0. The molecule has 0 bridgehead atoms. The lowest BCUT2D eigenvalue weighted by molar-refractivity contribution is 0.209. The van der Waals surface area contributed by atoms with Crippen LogP contribution in [0.1, 0.15) is 19.4 Å². The van der Waals surface area contributed by atoms with Gasteiger partial charge in [-0.05, 0) is 37.1 Å². The third-order valence-corrected chi connectivity index (χ3v) is 1.99. The molecule has 0 aliphatic rings. The summed E-state index contributed by atoms with van der Waals surface area (Å²) in [7, 11) is 0. The summed E-state index contributed by atoms with van der Waals surface area (Å²) in [5, 5.41) is 10.9. The molecule has 0 spiro atoms. The summed E-state index contributed by atoms with van der Waals surface area (Å²) in [6, 6.07) is 5.27. The van der Waals surface area contributed by atoms with Crippen LogP contribution in [0, 0.1) is 0 Å². The second-order valence-electron chi connectivity index (χ2n) is 3.04. The highest BCUT2D eigenvalue weighted by molar-refractivity contribution is 5.83. The molecule has 0 radical (unpaired) electrons. The molecule has 0 saturated heterocycles. The quantitative estimate of drug-likeness (QED) is 0.801. The first-order valence-electron chi connectivity index (χ1n) is 4.93. The van der Waals surface area contributed by atoms with Gasteiger partial charge in [-0.15, -0.1) is 0 Å². The fourth-order valence-corrected chi connectivity index (χ4v) is 1.35. The van der Waals surface area contributed by atoms with Crippen LogP contribution in [0.25, 0.3) is 0 Å². The van der Waals surface area contributed by atoms with Gasteiger partial charge in [0, 0.05) is 5.69 Å². The van der Waals surface area contributed by atoms with E-state index in [0.29, 0.717) is 12.3 Å². The number of carboxylic acid groups (broad SMARTS) is 1. The zero-order valence-corrected chi connectivity index (χ0v) is 8.91. The number of amides is 1. The lowest BCUT2D eigenvalue weighted by Crippen LogP contribution is -2.07. The number of benzene rings is 1. The van der Waals surface area contributed by atoms with E-state index in [9.17, 15) is 4.79 Å². The number of hydrogen-bond donors (Lipinski definition) is 2. The molecule has 0 aliphatic heterocycles. The molecular weight excluding hydrogens is 194 g/mol. The van der Waals surface area contributed by atoms with Crippen molar-refractivity contribution in [2.75, 3.05) is 11.9 Å². The average Bonchev–Trinajstić information content (AvgIpc) is 2.20. The molecule has 15 heavy (non-hydrogen) atoms. The van der Waals surface area contributed by atoms with E-state index in [0.717, 1.165) is 17.7 Å². The van der Waals surface area contributed by atoms with Crippen LogP contribution in [0.5, 0.6) is 5.75 Å². The first-order valence-corrected chi connectivity index (χ1v) is 4.93. The molecule has 0 aromatic heterocycles. The highest BCUT2D eigenvalue weighted by Crippen LogP contribution is 2.23. The Morgan fingerprint density at radius 2 is 2.20 bits per heavy atom. The molecule has 1 aromatic rings. The lowest BCUT2D eigenvalue weighted by atomic mass is 10.1. The van der Waals surface area contributed by atoms with Crippen molar-refractivity contribution in [3.05, 3.63) is 23.8 Å². The third kappa shape index (κ3) is 3.16. The van der Waals surface area contributed by atoms with Crippen LogP contribution in [0.3, 0.4) is 0 Å². The van der Waals surface area contributed by atoms with Crippen LogP contribution in [0.15, 0.2) is 18.2 Å². The van der Waals surface area contributed by atoms with E-state index in [1.165, 1.54) is 0 Å². The molecule has 1 rings (SSSR count). The zero-order valence-electron chi connectivity index (χ0n) is 8.91. The monoisotopic (exact) mass is 209 g/mol. The lowest BCUT2D eigenvalue weighted by Gasteiger charge is -2.10. The molecule has 1 aromatic carbocycles. The number of aryl methyl sites for hydroxylation is 1. The molecule has 0 aliphatic carbocycles.